The molecule has 2 fully saturated rings. The molecule has 5 atom stereocenters. The lowest BCUT2D eigenvalue weighted by Crippen LogP contribution is -2.70. The number of ether oxygens (including phenoxy) is 2. The van der Waals surface area contributed by atoms with Gasteiger partial charge in [-0.05, 0) is 27.7 Å². The number of carbonyl (C=O) groups is 3. The van der Waals surface area contributed by atoms with Gasteiger partial charge in [0.1, 0.15) is 12.0 Å². The minimum atomic E-state index is -1.35. The van der Waals surface area contributed by atoms with Gasteiger partial charge in [-0.1, -0.05) is 34.8 Å². The minimum Gasteiger partial charge on any atom is -0.479 e. The van der Waals surface area contributed by atoms with E-state index in [-0.39, 0.29) is 5.91 Å². The number of rotatable bonds is 5. The zero-order chi connectivity index (χ0) is 19.3. The zero-order valence-electron chi connectivity index (χ0n) is 13.9. The van der Waals surface area contributed by atoms with Crippen molar-refractivity contribution in [3.05, 3.63) is 0 Å². The van der Waals surface area contributed by atoms with E-state index in [4.69, 9.17) is 39.5 Å². The number of thioether (sulfide) groups is 1. The van der Waals surface area contributed by atoms with Crippen molar-refractivity contribution >= 4 is 64.6 Å². The highest BCUT2D eigenvalue weighted by atomic mass is 35.5. The molecule has 2 aliphatic rings. The standard InChI is InChI=1S/C14H18Cl3NO6S/c1-5(23-12(22)24-8(17)7(15)16)6-9(19)18-10(6)25-13(2,3)14(18,4)11(20)21/h5-8,10H,1-4H3,(H,20,21)/t5?,6-,8?,10+,14?/m0/s1. The molecular weight excluding hydrogens is 417 g/mol. The first-order valence-corrected chi connectivity index (χ1v) is 9.57. The van der Waals surface area contributed by atoms with Gasteiger partial charge in [0, 0.05) is 4.75 Å². The summed E-state index contributed by atoms with van der Waals surface area (Å²) in [4.78, 5) is 36.2. The fourth-order valence-electron chi connectivity index (χ4n) is 2.98. The van der Waals surface area contributed by atoms with E-state index in [0.29, 0.717) is 0 Å². The molecular formula is C14H18Cl3NO6S. The SMILES string of the molecule is CC(OC(=O)OC(Cl)C(Cl)Cl)[C@H]1C(=O)N2[C@@H]1SC(C)(C)C2(C)C(=O)O. The van der Waals surface area contributed by atoms with Crippen molar-refractivity contribution in [2.24, 2.45) is 5.92 Å². The van der Waals surface area contributed by atoms with Crippen LogP contribution >= 0.6 is 46.6 Å². The van der Waals surface area contributed by atoms with Gasteiger partial charge in [-0.15, -0.1) is 11.8 Å². The Morgan fingerprint density at radius 2 is 1.80 bits per heavy atom. The highest BCUT2D eigenvalue weighted by Gasteiger charge is 2.71. The topological polar surface area (TPSA) is 93.1 Å². The summed E-state index contributed by atoms with van der Waals surface area (Å²) >= 11 is 17.9. The van der Waals surface area contributed by atoms with Gasteiger partial charge in [0.15, 0.2) is 10.4 Å². The predicted molar refractivity (Wildman–Crippen MR) is 94.0 cm³/mol. The molecule has 2 saturated heterocycles. The maximum atomic E-state index is 12.6. The number of aliphatic carboxylic acids is 1. The molecule has 0 aromatic heterocycles. The van der Waals surface area contributed by atoms with Gasteiger partial charge in [0.25, 0.3) is 0 Å². The molecule has 1 N–H and O–H groups in total. The summed E-state index contributed by atoms with van der Waals surface area (Å²) in [6.07, 6.45) is -1.93. The van der Waals surface area contributed by atoms with Crippen LogP contribution in [0, 0.1) is 5.92 Å². The predicted octanol–water partition coefficient (Wildman–Crippen LogP) is 3.05. The van der Waals surface area contributed by atoms with Gasteiger partial charge in [-0.3, -0.25) is 4.79 Å². The largest absolute Gasteiger partial charge is 0.510 e. The van der Waals surface area contributed by atoms with Gasteiger partial charge in [-0.2, -0.15) is 0 Å². The summed E-state index contributed by atoms with van der Waals surface area (Å²) in [5, 5.41) is 9.21. The van der Waals surface area contributed by atoms with Gasteiger partial charge in [0.05, 0.1) is 5.37 Å². The lowest BCUT2D eigenvalue weighted by atomic mass is 9.80. The van der Waals surface area contributed by atoms with Gasteiger partial charge >= 0.3 is 12.1 Å². The summed E-state index contributed by atoms with van der Waals surface area (Å²) in [7, 11) is 0. The van der Waals surface area contributed by atoms with Crippen molar-refractivity contribution < 1.29 is 29.0 Å². The van der Waals surface area contributed by atoms with Crippen LogP contribution in [0.25, 0.3) is 0 Å². The first-order valence-electron chi connectivity index (χ1n) is 7.38. The highest BCUT2D eigenvalue weighted by Crippen LogP contribution is 2.59. The van der Waals surface area contributed by atoms with Crippen molar-refractivity contribution in [2.45, 2.75) is 59.9 Å². The van der Waals surface area contributed by atoms with Crippen LogP contribution in [0.3, 0.4) is 0 Å². The number of amides is 1. The monoisotopic (exact) mass is 433 g/mol. The Hall–Kier alpha value is -0.570. The Morgan fingerprint density at radius 1 is 1.24 bits per heavy atom. The molecule has 0 spiro atoms. The normalized spacial score (nSPS) is 32.6. The molecule has 7 nitrogen and oxygen atoms in total. The van der Waals surface area contributed by atoms with Crippen molar-refractivity contribution in [1.82, 2.24) is 4.90 Å². The van der Waals surface area contributed by atoms with E-state index in [0.717, 1.165) is 0 Å². The number of hydrogen-bond acceptors (Lipinski definition) is 6. The summed E-state index contributed by atoms with van der Waals surface area (Å²) in [5.74, 6) is -2.13. The van der Waals surface area contributed by atoms with Crippen LogP contribution in [0.5, 0.6) is 0 Å². The first-order chi connectivity index (χ1) is 11.3. The average Bonchev–Trinajstić information content (AvgIpc) is 2.63. The van der Waals surface area contributed by atoms with E-state index in [1.165, 1.54) is 30.5 Å². The fraction of sp³-hybridized carbons (Fsp3) is 0.786. The number of halogens is 3. The highest BCUT2D eigenvalue weighted by molar-refractivity contribution is 8.01. The Bertz CT molecular complexity index is 603. The van der Waals surface area contributed by atoms with Gasteiger partial charge < -0.3 is 19.5 Å². The second-order valence-electron chi connectivity index (χ2n) is 6.51. The molecule has 0 radical (unpaired) electrons. The Balaban J connectivity index is 2.08. The van der Waals surface area contributed by atoms with Crippen molar-refractivity contribution in [2.75, 3.05) is 0 Å². The van der Waals surface area contributed by atoms with Crippen LogP contribution in [0.15, 0.2) is 0 Å². The number of carboxylic acid groups (broad SMARTS) is 1. The Morgan fingerprint density at radius 3 is 2.28 bits per heavy atom. The number of β-lactam (4-membered cyclic amide) rings is 1. The quantitative estimate of drug-likeness (QED) is 0.404. The lowest BCUT2D eigenvalue weighted by Gasteiger charge is -2.49. The molecule has 25 heavy (non-hydrogen) atoms. The summed E-state index contributed by atoms with van der Waals surface area (Å²) in [5.41, 5.74) is -2.63. The molecule has 2 heterocycles. The first kappa shape index (κ1) is 20.7. The molecule has 11 heteroatoms. The van der Waals surface area contributed by atoms with Crippen molar-refractivity contribution in [3.8, 4) is 0 Å². The number of fused-ring (bicyclic) bond motifs is 1. The molecule has 0 saturated carbocycles. The van der Waals surface area contributed by atoms with E-state index in [2.05, 4.69) is 4.74 Å². The van der Waals surface area contributed by atoms with E-state index < -0.39 is 50.2 Å². The fourth-order valence-corrected chi connectivity index (χ4v) is 5.08. The van der Waals surface area contributed by atoms with E-state index in [1.807, 2.05) is 0 Å². The van der Waals surface area contributed by atoms with Crippen LogP contribution in [-0.2, 0) is 19.1 Å². The number of hydrogen-bond donors (Lipinski definition) is 1. The molecule has 0 aromatic carbocycles. The third-order valence-corrected chi connectivity index (χ3v) is 7.55. The molecule has 1 amide bonds. The lowest BCUT2D eigenvalue weighted by molar-refractivity contribution is -0.178. The Kier molecular flexibility index (Phi) is 5.70. The summed E-state index contributed by atoms with van der Waals surface area (Å²) < 4.78 is 9.05. The minimum absolute atomic E-state index is 0.386. The molecule has 0 bridgehead atoms. The number of carboxylic acids is 1. The third kappa shape index (κ3) is 3.26. The summed E-state index contributed by atoms with van der Waals surface area (Å²) in [6, 6.07) is 0. The zero-order valence-corrected chi connectivity index (χ0v) is 16.9. The van der Waals surface area contributed by atoms with Crippen LogP contribution in [0.2, 0.25) is 0 Å². The molecule has 0 aliphatic carbocycles. The molecule has 2 rings (SSSR count). The number of carbonyl (C=O) groups excluding carboxylic acids is 2. The molecule has 142 valence electrons. The van der Waals surface area contributed by atoms with Crippen LogP contribution in [0.1, 0.15) is 27.7 Å². The maximum absolute atomic E-state index is 12.6. The van der Waals surface area contributed by atoms with Crippen LogP contribution in [-0.4, -0.2) is 60.2 Å². The smallest absolute Gasteiger partial charge is 0.479 e. The second kappa shape index (κ2) is 6.87. The van der Waals surface area contributed by atoms with Gasteiger partial charge in [-0.25, -0.2) is 9.59 Å². The van der Waals surface area contributed by atoms with Crippen LogP contribution in [0.4, 0.5) is 4.79 Å². The average molecular weight is 435 g/mol. The van der Waals surface area contributed by atoms with E-state index >= 15 is 0 Å². The Labute approximate surface area is 164 Å². The number of nitrogens with zero attached hydrogens (tertiary/aromatic N) is 1. The summed E-state index contributed by atoms with van der Waals surface area (Å²) in [6.45, 7) is 6.60. The molecule has 3 unspecified atom stereocenters. The van der Waals surface area contributed by atoms with E-state index in [1.54, 1.807) is 13.8 Å². The van der Waals surface area contributed by atoms with Crippen LogP contribution < -0.4 is 0 Å². The molecule has 2 aliphatic heterocycles. The number of alkyl halides is 3. The van der Waals surface area contributed by atoms with Crippen molar-refractivity contribution in [1.29, 1.82) is 0 Å². The third-order valence-electron chi connectivity index (χ3n) is 4.77. The second-order valence-corrected chi connectivity index (χ2v) is 9.84. The van der Waals surface area contributed by atoms with Crippen molar-refractivity contribution in [3.63, 3.8) is 0 Å². The maximum Gasteiger partial charge on any atom is 0.510 e. The van der Waals surface area contributed by atoms with Gasteiger partial charge in [0.2, 0.25) is 11.5 Å². The molecule has 0 aromatic rings. The van der Waals surface area contributed by atoms with E-state index in [9.17, 15) is 19.5 Å².